The van der Waals surface area contributed by atoms with Crippen LogP contribution in [0.3, 0.4) is 0 Å². The van der Waals surface area contributed by atoms with E-state index in [1.807, 2.05) is 24.3 Å². The number of thiazole rings is 1. The lowest BCUT2D eigenvalue weighted by molar-refractivity contribution is -0.119. The number of amides is 1. The number of fused-ring (bicyclic) bond motifs is 4. The van der Waals surface area contributed by atoms with E-state index >= 15 is 0 Å². The topological polar surface area (TPSA) is 84.2 Å². The zero-order valence-corrected chi connectivity index (χ0v) is 18.6. The highest BCUT2D eigenvalue weighted by Crippen LogP contribution is 2.41. The number of ether oxygens (including phenoxy) is 1. The van der Waals surface area contributed by atoms with E-state index in [9.17, 15) is 4.79 Å². The van der Waals surface area contributed by atoms with Gasteiger partial charge in [0.15, 0.2) is 0 Å². The number of aromatic nitrogens is 2. The average Bonchev–Trinajstić information content (AvgIpc) is 3.41. The van der Waals surface area contributed by atoms with Crippen molar-refractivity contribution in [2.45, 2.75) is 50.7 Å². The number of nitrogens with two attached hydrogens (primary N) is 1. The van der Waals surface area contributed by atoms with E-state index in [-0.39, 0.29) is 5.91 Å². The number of piperidine rings is 1. The fourth-order valence-corrected chi connectivity index (χ4v) is 6.44. The second kappa shape index (κ2) is 7.90. The number of nitrogens with zero attached hydrogens (tertiary/aromatic N) is 2. The first kappa shape index (κ1) is 19.8. The van der Waals surface area contributed by atoms with Crippen LogP contribution in [0.15, 0.2) is 48.5 Å². The molecule has 2 aliphatic rings. The second-order valence-corrected chi connectivity index (χ2v) is 10.2. The van der Waals surface area contributed by atoms with E-state index < -0.39 is 0 Å². The minimum Gasteiger partial charge on any atom is -0.431 e. The van der Waals surface area contributed by atoms with Gasteiger partial charge in [-0.1, -0.05) is 23.5 Å². The second-order valence-electron chi connectivity index (χ2n) is 9.16. The largest absolute Gasteiger partial charge is 0.431 e. The van der Waals surface area contributed by atoms with Gasteiger partial charge in [-0.15, -0.1) is 0 Å². The molecule has 6 rings (SSSR count). The van der Waals surface area contributed by atoms with Crippen molar-refractivity contribution < 1.29 is 9.53 Å². The molecule has 0 saturated carbocycles. The molecule has 0 radical (unpaired) electrons. The first-order chi connectivity index (χ1) is 15.6. The number of carbonyl (C=O) groups excluding carboxylic acids is 1. The minimum atomic E-state index is -0.165. The lowest BCUT2D eigenvalue weighted by Gasteiger charge is -2.38. The fourth-order valence-electron chi connectivity index (χ4n) is 5.60. The molecule has 2 saturated heterocycles. The zero-order chi connectivity index (χ0) is 21.7. The van der Waals surface area contributed by atoms with Gasteiger partial charge in [-0.25, -0.2) is 4.98 Å². The standard InChI is InChI=1S/C25H26N4O2S/c26-24(30)11-15-9-18-6-7-19(10-15)29(18)14-17-12-16-5-8-20(13-22(16)27-17)31-25-28-21-3-1-2-4-23(21)32-25/h1-5,8,12-13,15,18-19,27H,6-7,9-11,14H2,(H2,26,30)/t15?,18-,19+. The fraction of sp³-hybridized carbons (Fsp3) is 0.360. The molecule has 4 heterocycles. The van der Waals surface area contributed by atoms with Crippen molar-refractivity contribution in [1.82, 2.24) is 14.9 Å². The summed E-state index contributed by atoms with van der Waals surface area (Å²) in [6.07, 6.45) is 5.14. The molecule has 3 N–H and O–H groups in total. The van der Waals surface area contributed by atoms with Crippen LogP contribution in [0.5, 0.6) is 10.9 Å². The van der Waals surface area contributed by atoms with Gasteiger partial charge in [0.25, 0.3) is 5.19 Å². The molecular formula is C25H26N4O2S. The Bertz CT molecular complexity index is 1250. The first-order valence-corrected chi connectivity index (χ1v) is 12.1. The van der Waals surface area contributed by atoms with Gasteiger partial charge >= 0.3 is 0 Å². The molecule has 0 aliphatic carbocycles. The predicted molar refractivity (Wildman–Crippen MR) is 127 cm³/mol. The number of para-hydroxylation sites is 1. The number of carbonyl (C=O) groups is 1. The third kappa shape index (κ3) is 3.76. The van der Waals surface area contributed by atoms with Crippen molar-refractivity contribution in [1.29, 1.82) is 0 Å². The SMILES string of the molecule is NC(=O)CC1C[C@H]2CC[C@@H](C1)N2Cc1cc2ccc(Oc3nc4ccccc4s3)cc2[nH]1. The lowest BCUT2D eigenvalue weighted by atomic mass is 9.88. The van der Waals surface area contributed by atoms with Crippen LogP contribution in [-0.2, 0) is 11.3 Å². The van der Waals surface area contributed by atoms with Crippen LogP contribution in [-0.4, -0.2) is 32.9 Å². The Kier molecular flexibility index (Phi) is 4.88. The summed E-state index contributed by atoms with van der Waals surface area (Å²) in [5.74, 6) is 1.07. The van der Waals surface area contributed by atoms with E-state index in [0.717, 1.165) is 40.9 Å². The Hall–Kier alpha value is -2.90. The normalized spacial score (nSPS) is 23.2. The Morgan fingerprint density at radius 1 is 1.16 bits per heavy atom. The van der Waals surface area contributed by atoms with Crippen LogP contribution in [0.4, 0.5) is 0 Å². The lowest BCUT2D eigenvalue weighted by Crippen LogP contribution is -2.43. The van der Waals surface area contributed by atoms with Crippen LogP contribution in [0, 0.1) is 5.92 Å². The van der Waals surface area contributed by atoms with Gasteiger partial charge in [0.1, 0.15) is 5.75 Å². The summed E-state index contributed by atoms with van der Waals surface area (Å²) in [5.41, 5.74) is 8.71. The molecule has 1 unspecified atom stereocenters. The summed E-state index contributed by atoms with van der Waals surface area (Å²) in [6, 6.07) is 17.6. The highest BCUT2D eigenvalue weighted by Gasteiger charge is 2.40. The van der Waals surface area contributed by atoms with E-state index in [2.05, 4.69) is 39.1 Å². The molecule has 0 spiro atoms. The molecule has 4 aromatic rings. The number of rotatable bonds is 6. The van der Waals surface area contributed by atoms with Crippen molar-refractivity contribution in [2.75, 3.05) is 0 Å². The molecule has 3 atom stereocenters. The van der Waals surface area contributed by atoms with Crippen molar-refractivity contribution in [3.8, 4) is 10.9 Å². The Balaban J connectivity index is 1.17. The highest BCUT2D eigenvalue weighted by molar-refractivity contribution is 7.20. The molecule has 2 bridgehead atoms. The summed E-state index contributed by atoms with van der Waals surface area (Å²) in [7, 11) is 0. The maximum atomic E-state index is 11.4. The number of hydrogen-bond acceptors (Lipinski definition) is 5. The molecule has 2 aliphatic heterocycles. The molecule has 2 aromatic heterocycles. The molecule has 1 amide bonds. The Morgan fingerprint density at radius 3 is 2.75 bits per heavy atom. The maximum Gasteiger partial charge on any atom is 0.279 e. The number of aromatic amines is 1. The monoisotopic (exact) mass is 446 g/mol. The third-order valence-corrected chi connectivity index (χ3v) is 7.87. The summed E-state index contributed by atoms with van der Waals surface area (Å²) in [5, 5.41) is 1.85. The predicted octanol–water partition coefficient (Wildman–Crippen LogP) is 5.19. The molecule has 2 aromatic carbocycles. The summed E-state index contributed by atoms with van der Waals surface area (Å²) < 4.78 is 7.18. The number of nitrogens with one attached hydrogen (secondary N) is 1. The van der Waals surface area contributed by atoms with E-state index in [0.29, 0.717) is 29.6 Å². The Labute approximate surface area is 190 Å². The van der Waals surface area contributed by atoms with Crippen molar-refractivity contribution in [3.63, 3.8) is 0 Å². The third-order valence-electron chi connectivity index (χ3n) is 6.95. The van der Waals surface area contributed by atoms with Gasteiger partial charge in [0, 0.05) is 42.3 Å². The van der Waals surface area contributed by atoms with Crippen LogP contribution < -0.4 is 10.5 Å². The average molecular weight is 447 g/mol. The van der Waals surface area contributed by atoms with Gasteiger partial charge in [-0.05, 0) is 67.3 Å². The Morgan fingerprint density at radius 2 is 1.97 bits per heavy atom. The molecule has 164 valence electrons. The maximum absolute atomic E-state index is 11.4. The van der Waals surface area contributed by atoms with Crippen LogP contribution in [0.2, 0.25) is 0 Å². The molecular weight excluding hydrogens is 420 g/mol. The zero-order valence-electron chi connectivity index (χ0n) is 17.8. The summed E-state index contributed by atoms with van der Waals surface area (Å²) >= 11 is 1.56. The highest BCUT2D eigenvalue weighted by atomic mass is 32.1. The summed E-state index contributed by atoms with van der Waals surface area (Å²) in [6.45, 7) is 0.918. The summed E-state index contributed by atoms with van der Waals surface area (Å²) in [4.78, 5) is 22.1. The quantitative estimate of drug-likeness (QED) is 0.427. The minimum absolute atomic E-state index is 0.165. The number of H-pyrrole nitrogens is 1. The van der Waals surface area contributed by atoms with Crippen LogP contribution in [0.1, 0.15) is 37.8 Å². The van der Waals surface area contributed by atoms with Crippen LogP contribution >= 0.6 is 11.3 Å². The van der Waals surface area contributed by atoms with Gasteiger partial charge < -0.3 is 15.5 Å². The molecule has 6 nitrogen and oxygen atoms in total. The van der Waals surface area contributed by atoms with Crippen molar-refractivity contribution >= 4 is 38.4 Å². The van der Waals surface area contributed by atoms with Gasteiger partial charge in [0.05, 0.1) is 10.2 Å². The van der Waals surface area contributed by atoms with E-state index in [4.69, 9.17) is 10.5 Å². The smallest absolute Gasteiger partial charge is 0.279 e. The number of hydrogen-bond donors (Lipinski definition) is 2. The van der Waals surface area contributed by atoms with Gasteiger partial charge in [-0.3, -0.25) is 9.69 Å². The van der Waals surface area contributed by atoms with Crippen LogP contribution in [0.25, 0.3) is 21.1 Å². The van der Waals surface area contributed by atoms with Crippen molar-refractivity contribution in [2.24, 2.45) is 11.7 Å². The first-order valence-electron chi connectivity index (χ1n) is 11.3. The molecule has 7 heteroatoms. The van der Waals surface area contributed by atoms with Crippen molar-refractivity contribution in [3.05, 3.63) is 54.2 Å². The number of primary amides is 1. The van der Waals surface area contributed by atoms with Gasteiger partial charge in [-0.2, -0.15) is 0 Å². The van der Waals surface area contributed by atoms with E-state index in [1.54, 1.807) is 11.3 Å². The van der Waals surface area contributed by atoms with Gasteiger partial charge in [0.2, 0.25) is 5.91 Å². The number of benzene rings is 2. The molecule has 2 fully saturated rings. The van der Waals surface area contributed by atoms with E-state index in [1.165, 1.54) is 23.9 Å². The molecule has 32 heavy (non-hydrogen) atoms.